The van der Waals surface area contributed by atoms with Crippen molar-refractivity contribution in [3.05, 3.63) is 16.3 Å². The van der Waals surface area contributed by atoms with Crippen LogP contribution < -0.4 is 10.6 Å². The standard InChI is InChI=1S/C16H26N2O2S/c1-13(19)18-15-8-11-21-16(15)12-17-9-5-10-20-14-6-3-2-4-7-14/h8,11,14,17H,2-7,9-10,12H2,1H3,(H,18,19). The quantitative estimate of drug-likeness (QED) is 0.722. The largest absolute Gasteiger partial charge is 0.378 e. The highest BCUT2D eigenvalue weighted by molar-refractivity contribution is 7.10. The lowest BCUT2D eigenvalue weighted by atomic mass is 9.98. The van der Waals surface area contributed by atoms with Crippen LogP contribution in [0, 0.1) is 0 Å². The third-order valence-corrected chi connectivity index (χ3v) is 4.67. The van der Waals surface area contributed by atoms with Crippen LogP contribution in [0.1, 0.15) is 50.3 Å². The Hall–Kier alpha value is -0.910. The van der Waals surface area contributed by atoms with Crippen molar-refractivity contribution in [1.82, 2.24) is 5.32 Å². The maximum Gasteiger partial charge on any atom is 0.221 e. The van der Waals surface area contributed by atoms with Crippen LogP contribution in [0.15, 0.2) is 11.4 Å². The molecule has 1 heterocycles. The van der Waals surface area contributed by atoms with Gasteiger partial charge < -0.3 is 15.4 Å². The Morgan fingerprint density at radius 3 is 2.95 bits per heavy atom. The first-order valence-corrected chi connectivity index (χ1v) is 8.80. The second kappa shape index (κ2) is 9.18. The molecule has 0 spiro atoms. The Kier molecular flexibility index (Phi) is 7.19. The van der Waals surface area contributed by atoms with Crippen molar-refractivity contribution >= 4 is 22.9 Å². The highest BCUT2D eigenvalue weighted by Crippen LogP contribution is 2.22. The SMILES string of the molecule is CC(=O)Nc1ccsc1CNCCCOC1CCCCC1. The maximum atomic E-state index is 11.1. The van der Waals surface area contributed by atoms with Crippen LogP contribution in [0.2, 0.25) is 0 Å². The molecule has 118 valence electrons. The number of carbonyl (C=O) groups is 1. The Morgan fingerprint density at radius 1 is 1.38 bits per heavy atom. The molecule has 0 radical (unpaired) electrons. The molecule has 4 nitrogen and oxygen atoms in total. The van der Waals surface area contributed by atoms with E-state index in [9.17, 15) is 4.79 Å². The number of ether oxygens (including phenoxy) is 1. The number of amides is 1. The van der Waals surface area contributed by atoms with Crippen molar-refractivity contribution < 1.29 is 9.53 Å². The Morgan fingerprint density at radius 2 is 2.19 bits per heavy atom. The fourth-order valence-corrected chi connectivity index (χ4v) is 3.46. The second-order valence-electron chi connectivity index (χ2n) is 5.60. The van der Waals surface area contributed by atoms with Crippen LogP contribution in [0.5, 0.6) is 0 Å². The lowest BCUT2D eigenvalue weighted by Crippen LogP contribution is -2.20. The van der Waals surface area contributed by atoms with Gasteiger partial charge in [0.25, 0.3) is 0 Å². The van der Waals surface area contributed by atoms with Gasteiger partial charge in [0.15, 0.2) is 0 Å². The molecule has 0 saturated heterocycles. The van der Waals surface area contributed by atoms with Gasteiger partial charge in [0.1, 0.15) is 0 Å². The minimum absolute atomic E-state index is 0.0180. The molecule has 1 aliphatic rings. The molecule has 1 aromatic heterocycles. The van der Waals surface area contributed by atoms with E-state index in [-0.39, 0.29) is 5.91 Å². The van der Waals surface area contributed by atoms with Crippen LogP contribution in [-0.2, 0) is 16.1 Å². The lowest BCUT2D eigenvalue weighted by molar-refractivity contribution is -0.114. The average Bonchev–Trinajstić information content (AvgIpc) is 2.90. The highest BCUT2D eigenvalue weighted by atomic mass is 32.1. The zero-order chi connectivity index (χ0) is 14.9. The summed E-state index contributed by atoms with van der Waals surface area (Å²) in [4.78, 5) is 12.3. The molecule has 5 heteroatoms. The summed E-state index contributed by atoms with van der Waals surface area (Å²) >= 11 is 1.67. The van der Waals surface area contributed by atoms with E-state index in [0.29, 0.717) is 6.10 Å². The van der Waals surface area contributed by atoms with E-state index in [1.54, 1.807) is 11.3 Å². The lowest BCUT2D eigenvalue weighted by Gasteiger charge is -2.21. The van der Waals surface area contributed by atoms with Crippen molar-refractivity contribution in [2.45, 2.75) is 58.1 Å². The third-order valence-electron chi connectivity index (χ3n) is 3.75. The molecule has 2 rings (SSSR count). The summed E-state index contributed by atoms with van der Waals surface area (Å²) < 4.78 is 5.90. The fourth-order valence-electron chi connectivity index (χ4n) is 2.66. The molecule has 0 aliphatic heterocycles. The van der Waals surface area contributed by atoms with Crippen molar-refractivity contribution in [1.29, 1.82) is 0 Å². The molecule has 0 aromatic carbocycles. The molecule has 0 bridgehead atoms. The molecule has 2 N–H and O–H groups in total. The van der Waals surface area contributed by atoms with E-state index in [1.807, 2.05) is 11.4 Å². The number of rotatable bonds is 8. The third kappa shape index (κ3) is 6.16. The van der Waals surface area contributed by atoms with Crippen LogP contribution >= 0.6 is 11.3 Å². The summed E-state index contributed by atoms with van der Waals surface area (Å²) in [6.45, 7) is 4.14. The number of hydrogen-bond acceptors (Lipinski definition) is 4. The maximum absolute atomic E-state index is 11.1. The molecule has 1 aliphatic carbocycles. The monoisotopic (exact) mass is 310 g/mol. The van der Waals surface area contributed by atoms with Crippen molar-refractivity contribution in [2.75, 3.05) is 18.5 Å². The minimum atomic E-state index is -0.0180. The van der Waals surface area contributed by atoms with Crippen LogP contribution in [0.3, 0.4) is 0 Å². The number of carbonyl (C=O) groups excluding carboxylic acids is 1. The summed E-state index contributed by atoms with van der Waals surface area (Å²) in [5, 5.41) is 8.28. The summed E-state index contributed by atoms with van der Waals surface area (Å²) in [7, 11) is 0. The Balaban J connectivity index is 1.55. The molecule has 1 saturated carbocycles. The summed E-state index contributed by atoms with van der Waals surface area (Å²) in [6, 6.07) is 1.95. The molecule has 0 atom stereocenters. The zero-order valence-electron chi connectivity index (χ0n) is 12.8. The van der Waals surface area contributed by atoms with Gasteiger partial charge in [0, 0.05) is 25.0 Å². The van der Waals surface area contributed by atoms with Gasteiger partial charge in [0.05, 0.1) is 11.8 Å². The van der Waals surface area contributed by atoms with Crippen molar-refractivity contribution in [3.63, 3.8) is 0 Å². The minimum Gasteiger partial charge on any atom is -0.378 e. The average molecular weight is 310 g/mol. The molecular formula is C16H26N2O2S. The molecule has 1 fully saturated rings. The van der Waals surface area contributed by atoms with E-state index < -0.39 is 0 Å². The van der Waals surface area contributed by atoms with Gasteiger partial charge in [-0.1, -0.05) is 19.3 Å². The Bertz CT molecular complexity index is 428. The number of nitrogens with one attached hydrogen (secondary N) is 2. The first-order chi connectivity index (χ1) is 10.3. The predicted molar refractivity (Wildman–Crippen MR) is 87.8 cm³/mol. The van der Waals surface area contributed by atoms with Crippen LogP contribution in [-0.4, -0.2) is 25.2 Å². The first kappa shape index (κ1) is 16.5. The van der Waals surface area contributed by atoms with Gasteiger partial charge in [-0.15, -0.1) is 11.3 Å². The van der Waals surface area contributed by atoms with Gasteiger partial charge in [-0.25, -0.2) is 0 Å². The number of thiophene rings is 1. The number of hydrogen-bond donors (Lipinski definition) is 2. The first-order valence-electron chi connectivity index (χ1n) is 7.92. The van der Waals surface area contributed by atoms with E-state index >= 15 is 0 Å². The van der Waals surface area contributed by atoms with Crippen LogP contribution in [0.4, 0.5) is 5.69 Å². The van der Waals surface area contributed by atoms with Gasteiger partial charge in [-0.3, -0.25) is 4.79 Å². The van der Waals surface area contributed by atoms with E-state index in [2.05, 4.69) is 10.6 Å². The van der Waals surface area contributed by atoms with E-state index in [1.165, 1.54) is 43.9 Å². The second-order valence-corrected chi connectivity index (χ2v) is 6.60. The summed E-state index contributed by atoms with van der Waals surface area (Å²) in [5.41, 5.74) is 0.929. The predicted octanol–water partition coefficient (Wildman–Crippen LogP) is 3.54. The number of anilines is 1. The molecule has 0 unspecified atom stereocenters. The van der Waals surface area contributed by atoms with Gasteiger partial charge >= 0.3 is 0 Å². The molecule has 1 aromatic rings. The molecule has 21 heavy (non-hydrogen) atoms. The zero-order valence-corrected chi connectivity index (χ0v) is 13.6. The topological polar surface area (TPSA) is 50.4 Å². The van der Waals surface area contributed by atoms with Gasteiger partial charge in [-0.05, 0) is 37.3 Å². The van der Waals surface area contributed by atoms with Crippen molar-refractivity contribution in [3.8, 4) is 0 Å². The molecular weight excluding hydrogens is 284 g/mol. The molecule has 1 amide bonds. The van der Waals surface area contributed by atoms with E-state index in [4.69, 9.17) is 4.74 Å². The fraction of sp³-hybridized carbons (Fsp3) is 0.688. The summed E-state index contributed by atoms with van der Waals surface area (Å²) in [6.07, 6.45) is 8.05. The normalized spacial score (nSPS) is 16.0. The highest BCUT2D eigenvalue weighted by Gasteiger charge is 2.12. The summed E-state index contributed by atoms with van der Waals surface area (Å²) in [5.74, 6) is -0.0180. The van der Waals surface area contributed by atoms with Gasteiger partial charge in [-0.2, -0.15) is 0 Å². The Labute approximate surface area is 131 Å². The van der Waals surface area contributed by atoms with E-state index in [0.717, 1.165) is 31.8 Å². The smallest absolute Gasteiger partial charge is 0.221 e. The van der Waals surface area contributed by atoms with Crippen LogP contribution in [0.25, 0.3) is 0 Å². The van der Waals surface area contributed by atoms with Gasteiger partial charge in [0.2, 0.25) is 5.91 Å². The van der Waals surface area contributed by atoms with Crippen molar-refractivity contribution in [2.24, 2.45) is 0 Å².